The summed E-state index contributed by atoms with van der Waals surface area (Å²) in [5.74, 6) is 2.63. The molecule has 3 aliphatic heterocycles. The monoisotopic (exact) mass is 1090 g/mol. The number of hydrogen-bond donors (Lipinski definition) is 0. The molecule has 0 fully saturated rings. The summed E-state index contributed by atoms with van der Waals surface area (Å²) in [6.07, 6.45) is 5.39. The minimum Gasteiger partial charge on any atom is -0.435 e. The number of fused-ring (bicyclic) bond motifs is 12. The number of nitrogens with zero attached hydrogens (tertiary/aromatic N) is 12. The van der Waals surface area contributed by atoms with Crippen molar-refractivity contribution >= 4 is 118 Å². The third-order valence-corrected chi connectivity index (χ3v) is 16.4. The molecule has 0 saturated carbocycles. The minimum atomic E-state index is -0.814. The lowest BCUT2D eigenvalue weighted by molar-refractivity contribution is 0.597. The Balaban J connectivity index is 0.000000118. The maximum atomic E-state index is 8.70. The van der Waals surface area contributed by atoms with Crippen LogP contribution in [0.25, 0.3) is 66.2 Å². The highest BCUT2D eigenvalue weighted by Gasteiger charge is 2.41. The molecule has 82 heavy (non-hydrogen) atoms. The van der Waals surface area contributed by atoms with Crippen molar-refractivity contribution in [1.29, 1.82) is 0 Å². The molecule has 0 bridgehead atoms. The second-order valence-electron chi connectivity index (χ2n) is 22.3. The zero-order valence-corrected chi connectivity index (χ0v) is 48.9. The molecule has 15 rings (SSSR count). The lowest BCUT2D eigenvalue weighted by Crippen LogP contribution is -2.42. The Labute approximate surface area is 480 Å². The molecule has 3 atom stereocenters. The molecule has 12 heterocycles. The van der Waals surface area contributed by atoms with Gasteiger partial charge in [-0.15, -0.1) is 0 Å². The summed E-state index contributed by atoms with van der Waals surface area (Å²) in [7, 11) is 2.08. The van der Waals surface area contributed by atoms with Gasteiger partial charge in [0.1, 0.15) is 18.5 Å². The predicted octanol–water partition coefficient (Wildman–Crippen LogP) is 16.3. The highest BCUT2D eigenvalue weighted by Crippen LogP contribution is 2.51. The van der Waals surface area contributed by atoms with Crippen molar-refractivity contribution in [3.8, 4) is 0 Å². The van der Waals surface area contributed by atoms with E-state index in [9.17, 15) is 0 Å². The average Bonchev–Trinajstić information content (AvgIpc) is 1.82. The summed E-state index contributed by atoms with van der Waals surface area (Å²) in [4.78, 5) is 40.7. The van der Waals surface area contributed by atoms with Crippen LogP contribution in [0.15, 0.2) is 141 Å². The van der Waals surface area contributed by atoms with Crippen molar-refractivity contribution in [1.82, 2.24) is 29.9 Å². The van der Waals surface area contributed by atoms with Crippen LogP contribution in [0.3, 0.4) is 0 Å². The topological polar surface area (TPSA) is 136 Å². The fourth-order valence-electron chi connectivity index (χ4n) is 12.6. The van der Waals surface area contributed by atoms with E-state index in [0.29, 0.717) is 17.1 Å². The van der Waals surface area contributed by atoms with Crippen LogP contribution in [0, 0.1) is 41.5 Å². The van der Waals surface area contributed by atoms with Crippen LogP contribution >= 0.6 is 0 Å². The van der Waals surface area contributed by atoms with Gasteiger partial charge in [-0.1, -0.05) is 36.4 Å². The fraction of sp³-hybridized carbons (Fsp3) is 0.284. The molecule has 0 radical (unpaired) electrons. The van der Waals surface area contributed by atoms with E-state index in [1.807, 2.05) is 101 Å². The lowest BCUT2D eigenvalue weighted by Gasteiger charge is -2.33. The third-order valence-electron chi connectivity index (χ3n) is 16.4. The zero-order chi connectivity index (χ0) is 59.0. The first-order valence-corrected chi connectivity index (χ1v) is 28.0. The number of benzene rings is 3. The van der Waals surface area contributed by atoms with Crippen molar-refractivity contribution in [2.24, 2.45) is 0 Å². The van der Waals surface area contributed by atoms with Crippen LogP contribution in [0.5, 0.6) is 0 Å². The van der Waals surface area contributed by atoms with E-state index < -0.39 is 12.0 Å². The first kappa shape index (κ1) is 49.8. The van der Waals surface area contributed by atoms with Gasteiger partial charge in [-0.2, -0.15) is 0 Å². The number of aryl methyl sites for hydroxylation is 6. The Bertz CT molecular complexity index is 4400. The van der Waals surface area contributed by atoms with Crippen LogP contribution in [-0.2, 0) is 0 Å². The second-order valence-corrected chi connectivity index (χ2v) is 22.3. The molecular formula is C67H68N12O3. The molecule has 3 aliphatic rings. The predicted molar refractivity (Wildman–Crippen MR) is 334 cm³/mol. The van der Waals surface area contributed by atoms with Crippen LogP contribution < -0.4 is 29.4 Å². The third kappa shape index (κ3) is 8.13. The largest absolute Gasteiger partial charge is 0.435 e. The Morgan fingerprint density at radius 3 is 1.05 bits per heavy atom. The van der Waals surface area contributed by atoms with Crippen LogP contribution in [0.2, 0.25) is 0 Å². The maximum absolute atomic E-state index is 8.70. The van der Waals surface area contributed by atoms with Crippen LogP contribution in [0.4, 0.5) is 51.6 Å². The van der Waals surface area contributed by atoms with Gasteiger partial charge in [0.05, 0.1) is 36.9 Å². The van der Waals surface area contributed by atoms with Gasteiger partial charge in [-0.25, -0.2) is 29.9 Å². The van der Waals surface area contributed by atoms with E-state index in [2.05, 4.69) is 171 Å². The van der Waals surface area contributed by atoms with E-state index in [0.717, 1.165) is 129 Å². The smallest absolute Gasteiger partial charge is 0.227 e. The number of aromatic nitrogens is 6. The second kappa shape index (κ2) is 19.8. The molecule has 15 heteroatoms. The Kier molecular flexibility index (Phi) is 12.0. The molecule has 0 aliphatic carbocycles. The standard InChI is InChI=1S/2C23H24N4O.C21H20N4O/c2*1-13(2)26-16(5)27(19-7-6-12-24-22(19)26)20-14(3)8-10-17-18-11-9-15(4)25-23(18)28-21(17)20;1-12-7-9-15-16-10-8-13(2)23-21(16)26-19(15)18(12)25-14(3)24(4)20-17(25)6-5-11-22-20/h2*6-13,16H,1-5H3;5-11,14H,1-4H3/i2*13D;. The molecule has 9 aromatic heterocycles. The van der Waals surface area contributed by atoms with Crippen LogP contribution in [-0.4, -0.2) is 67.5 Å². The normalized spacial score (nSPS) is 17.2. The van der Waals surface area contributed by atoms with Crippen molar-refractivity contribution in [3.63, 3.8) is 0 Å². The number of furan rings is 3. The summed E-state index contributed by atoms with van der Waals surface area (Å²) in [5.41, 5.74) is 16.9. The quantitative estimate of drug-likeness (QED) is 0.162. The van der Waals surface area contributed by atoms with Crippen LogP contribution in [0.1, 0.15) is 85.0 Å². The first-order valence-electron chi connectivity index (χ1n) is 29.0. The van der Waals surface area contributed by atoms with Crippen molar-refractivity contribution in [2.45, 2.75) is 121 Å². The molecular weight excluding hydrogens is 1020 g/mol. The molecule has 15 nitrogen and oxygen atoms in total. The van der Waals surface area contributed by atoms with E-state index in [-0.39, 0.29) is 18.5 Å². The Morgan fingerprint density at radius 1 is 0.402 bits per heavy atom. The zero-order valence-electron chi connectivity index (χ0n) is 50.9. The maximum Gasteiger partial charge on any atom is 0.227 e. The molecule has 414 valence electrons. The summed E-state index contributed by atoms with van der Waals surface area (Å²) in [6.45, 7) is 26.2. The van der Waals surface area contributed by atoms with E-state index in [1.54, 1.807) is 12.4 Å². The highest BCUT2D eigenvalue weighted by atomic mass is 16.3. The Morgan fingerprint density at radius 2 is 0.707 bits per heavy atom. The SMILES string of the molecule is Cc1ccc2c(n1)oc1c(N3c4cccnc4N(C)C3C)c(C)ccc12.[2H]C(C)(C)N1c2ncccc2N(c2c(C)ccc3c2oc2nc(C)ccc23)C1C.[2H]C(C)(C)N1c2ncccc2N(c2c(C)ccc3c2oc2nc(C)ccc23)C1C. The Hall–Kier alpha value is -9.24. The molecule has 12 aromatic rings. The van der Waals surface area contributed by atoms with Gasteiger partial charge >= 0.3 is 0 Å². The molecule has 0 spiro atoms. The number of pyridine rings is 6. The van der Waals surface area contributed by atoms with Gasteiger partial charge in [-0.3, -0.25) is 0 Å². The van der Waals surface area contributed by atoms with Crippen molar-refractivity contribution < 1.29 is 16.0 Å². The van der Waals surface area contributed by atoms with Gasteiger partial charge in [0.15, 0.2) is 34.2 Å². The molecule has 0 N–H and O–H groups in total. The minimum absolute atomic E-state index is 0.0837. The van der Waals surface area contributed by atoms with E-state index >= 15 is 0 Å². The van der Waals surface area contributed by atoms with Gasteiger partial charge in [0.2, 0.25) is 17.1 Å². The average molecular weight is 1090 g/mol. The molecule has 0 saturated heterocycles. The van der Waals surface area contributed by atoms with Crippen molar-refractivity contribution in [3.05, 3.63) is 162 Å². The van der Waals surface area contributed by atoms with Gasteiger partial charge in [0.25, 0.3) is 0 Å². The van der Waals surface area contributed by atoms with E-state index in [1.165, 1.54) is 5.56 Å². The molecule has 3 unspecified atom stereocenters. The number of anilines is 9. The fourth-order valence-corrected chi connectivity index (χ4v) is 12.6. The highest BCUT2D eigenvalue weighted by molar-refractivity contribution is 6.12. The summed E-state index contributed by atoms with van der Waals surface area (Å²) in [5, 5.41) is 6.29. The molecule has 3 aromatic carbocycles. The van der Waals surface area contributed by atoms with E-state index in [4.69, 9.17) is 16.0 Å². The summed E-state index contributed by atoms with van der Waals surface area (Å²) >= 11 is 0. The first-order chi connectivity index (χ1) is 40.1. The number of hydrogen-bond acceptors (Lipinski definition) is 15. The lowest BCUT2D eigenvalue weighted by atomic mass is 10.1. The number of rotatable bonds is 5. The molecule has 0 amide bonds. The summed E-state index contributed by atoms with van der Waals surface area (Å²) in [6, 6.07) is 35.5. The van der Waals surface area contributed by atoms with Gasteiger partial charge < -0.3 is 42.7 Å². The van der Waals surface area contributed by atoms with Gasteiger partial charge in [0, 0.05) is 87.1 Å². The van der Waals surface area contributed by atoms with Crippen molar-refractivity contribution in [2.75, 3.05) is 36.4 Å². The summed E-state index contributed by atoms with van der Waals surface area (Å²) < 4.78 is 36.3. The van der Waals surface area contributed by atoms with Gasteiger partial charge in [-0.05, 0) is 179 Å².